The lowest BCUT2D eigenvalue weighted by Crippen LogP contribution is -2.35. The Hall–Kier alpha value is -2.18. The lowest BCUT2D eigenvalue weighted by molar-refractivity contribution is 0.0530. The molecule has 0 unspecified atom stereocenters. The van der Waals surface area contributed by atoms with Gasteiger partial charge in [-0.2, -0.15) is 4.98 Å². The van der Waals surface area contributed by atoms with E-state index in [0.29, 0.717) is 30.5 Å². The molecule has 0 aliphatic carbocycles. The van der Waals surface area contributed by atoms with E-state index in [1.165, 1.54) is 7.11 Å². The summed E-state index contributed by atoms with van der Waals surface area (Å²) in [6.07, 6.45) is -0.442. The van der Waals surface area contributed by atoms with Crippen LogP contribution in [0.3, 0.4) is 0 Å². The van der Waals surface area contributed by atoms with E-state index in [0.717, 1.165) is 0 Å². The van der Waals surface area contributed by atoms with Crippen molar-refractivity contribution < 1.29 is 14.3 Å². The van der Waals surface area contributed by atoms with E-state index >= 15 is 0 Å². The average molecular weight is 282 g/mol. The Morgan fingerprint density at radius 2 is 2.05 bits per heavy atom. The Morgan fingerprint density at radius 3 is 2.65 bits per heavy atom. The molecule has 20 heavy (non-hydrogen) atoms. The molecule has 1 aromatic heterocycles. The molecule has 4 N–H and O–H groups in total. The molecule has 0 aliphatic rings. The highest BCUT2D eigenvalue weighted by atomic mass is 16.6. The summed E-state index contributed by atoms with van der Waals surface area (Å²) in [5, 5.41) is 5.69. The predicted octanol–water partition coefficient (Wildman–Crippen LogP) is 1.61. The second-order valence-corrected chi connectivity index (χ2v) is 5.15. The lowest BCUT2D eigenvalue weighted by atomic mass is 10.2. The molecular weight excluding hydrogens is 260 g/mol. The molecule has 0 spiro atoms. The SMILES string of the molecule is COc1nc(NCCNC(=O)OC(C)(C)C)ccc1N. The van der Waals surface area contributed by atoms with E-state index in [1.54, 1.807) is 12.1 Å². The fourth-order valence-electron chi connectivity index (χ4n) is 1.38. The van der Waals surface area contributed by atoms with Gasteiger partial charge in [0.2, 0.25) is 5.88 Å². The minimum Gasteiger partial charge on any atom is -0.479 e. The van der Waals surface area contributed by atoms with Gasteiger partial charge in [0, 0.05) is 13.1 Å². The van der Waals surface area contributed by atoms with Crippen molar-refractivity contribution in [3.63, 3.8) is 0 Å². The second-order valence-electron chi connectivity index (χ2n) is 5.15. The summed E-state index contributed by atoms with van der Waals surface area (Å²) < 4.78 is 10.1. The molecule has 0 saturated carbocycles. The molecule has 0 aliphatic heterocycles. The molecule has 0 fully saturated rings. The molecule has 7 nitrogen and oxygen atoms in total. The number of ether oxygens (including phenoxy) is 2. The maximum Gasteiger partial charge on any atom is 0.407 e. The number of carbonyl (C=O) groups is 1. The number of nitrogens with one attached hydrogen (secondary N) is 2. The fourth-order valence-corrected chi connectivity index (χ4v) is 1.38. The maximum atomic E-state index is 11.4. The number of hydrogen-bond donors (Lipinski definition) is 3. The van der Waals surface area contributed by atoms with E-state index in [-0.39, 0.29) is 0 Å². The Labute approximate surface area is 118 Å². The Kier molecular flexibility index (Phi) is 5.42. The Balaban J connectivity index is 2.33. The first-order valence-corrected chi connectivity index (χ1v) is 6.33. The number of alkyl carbamates (subject to hydrolysis) is 1. The van der Waals surface area contributed by atoms with Gasteiger partial charge in [-0.25, -0.2) is 4.79 Å². The zero-order chi connectivity index (χ0) is 15.2. The van der Waals surface area contributed by atoms with Gasteiger partial charge in [-0.15, -0.1) is 0 Å². The van der Waals surface area contributed by atoms with E-state index in [1.807, 2.05) is 20.8 Å². The lowest BCUT2D eigenvalue weighted by Gasteiger charge is -2.19. The van der Waals surface area contributed by atoms with E-state index in [2.05, 4.69) is 15.6 Å². The van der Waals surface area contributed by atoms with Crippen LogP contribution in [0.4, 0.5) is 16.3 Å². The molecular formula is C13H22N4O3. The van der Waals surface area contributed by atoms with Crippen LogP contribution in [0.5, 0.6) is 5.88 Å². The van der Waals surface area contributed by atoms with Gasteiger partial charge in [-0.1, -0.05) is 0 Å². The molecule has 0 bridgehead atoms. The van der Waals surface area contributed by atoms with Crippen LogP contribution in [0, 0.1) is 0 Å². The standard InChI is InChI=1S/C13H22N4O3/c1-13(2,3)20-12(18)16-8-7-15-10-6-5-9(14)11(17-10)19-4/h5-6H,7-8,14H2,1-4H3,(H,15,17)(H,16,18). The number of aromatic nitrogens is 1. The zero-order valence-corrected chi connectivity index (χ0v) is 12.3. The number of hydrogen-bond acceptors (Lipinski definition) is 6. The van der Waals surface area contributed by atoms with Crippen LogP contribution in [-0.2, 0) is 4.74 Å². The van der Waals surface area contributed by atoms with Crippen LogP contribution >= 0.6 is 0 Å². The van der Waals surface area contributed by atoms with Gasteiger partial charge in [0.15, 0.2) is 0 Å². The smallest absolute Gasteiger partial charge is 0.407 e. The molecule has 1 aromatic rings. The quantitative estimate of drug-likeness (QED) is 0.710. The molecule has 1 heterocycles. The van der Waals surface area contributed by atoms with Gasteiger partial charge in [-0.3, -0.25) is 0 Å². The van der Waals surface area contributed by atoms with Crippen LogP contribution in [0.15, 0.2) is 12.1 Å². The number of nitrogen functional groups attached to an aromatic ring is 1. The number of rotatable bonds is 5. The summed E-state index contributed by atoms with van der Waals surface area (Å²) in [6, 6.07) is 3.45. The van der Waals surface area contributed by atoms with Crippen LogP contribution in [0.2, 0.25) is 0 Å². The van der Waals surface area contributed by atoms with Crippen LogP contribution < -0.4 is 21.1 Å². The molecule has 112 valence electrons. The van der Waals surface area contributed by atoms with Crippen molar-refractivity contribution in [2.45, 2.75) is 26.4 Å². The first-order chi connectivity index (χ1) is 9.31. The summed E-state index contributed by atoms with van der Waals surface area (Å²) in [7, 11) is 1.51. The first kappa shape index (κ1) is 15.9. The van der Waals surface area contributed by atoms with E-state index in [9.17, 15) is 4.79 Å². The second kappa shape index (κ2) is 6.83. The highest BCUT2D eigenvalue weighted by Crippen LogP contribution is 2.19. The first-order valence-electron chi connectivity index (χ1n) is 6.33. The van der Waals surface area contributed by atoms with Crippen molar-refractivity contribution in [2.75, 3.05) is 31.2 Å². The largest absolute Gasteiger partial charge is 0.479 e. The number of pyridine rings is 1. The molecule has 1 rings (SSSR count). The summed E-state index contributed by atoms with van der Waals surface area (Å²) in [6.45, 7) is 6.38. The Morgan fingerprint density at radius 1 is 1.35 bits per heavy atom. The predicted molar refractivity (Wildman–Crippen MR) is 77.9 cm³/mol. The molecule has 0 aromatic carbocycles. The zero-order valence-electron chi connectivity index (χ0n) is 12.3. The normalized spacial score (nSPS) is 10.8. The van der Waals surface area contributed by atoms with Crippen molar-refractivity contribution in [3.05, 3.63) is 12.1 Å². The van der Waals surface area contributed by atoms with Gasteiger partial charge in [-0.05, 0) is 32.9 Å². The highest BCUT2D eigenvalue weighted by molar-refractivity contribution is 5.67. The van der Waals surface area contributed by atoms with Crippen molar-refractivity contribution in [1.82, 2.24) is 10.3 Å². The van der Waals surface area contributed by atoms with Crippen LogP contribution in [-0.4, -0.2) is 36.9 Å². The van der Waals surface area contributed by atoms with Crippen molar-refractivity contribution in [1.29, 1.82) is 0 Å². The summed E-state index contributed by atoms with van der Waals surface area (Å²) >= 11 is 0. The number of nitrogens with two attached hydrogens (primary N) is 1. The summed E-state index contributed by atoms with van der Waals surface area (Å²) in [5.41, 5.74) is 5.64. The van der Waals surface area contributed by atoms with Crippen molar-refractivity contribution >= 4 is 17.6 Å². The maximum absolute atomic E-state index is 11.4. The third-order valence-corrected chi connectivity index (χ3v) is 2.18. The number of anilines is 2. The number of amides is 1. The molecule has 0 radical (unpaired) electrons. The van der Waals surface area contributed by atoms with Gasteiger partial charge in [0.25, 0.3) is 0 Å². The van der Waals surface area contributed by atoms with Gasteiger partial charge in [0.1, 0.15) is 11.4 Å². The van der Waals surface area contributed by atoms with Crippen molar-refractivity contribution in [2.24, 2.45) is 0 Å². The monoisotopic (exact) mass is 282 g/mol. The third kappa shape index (κ3) is 5.64. The highest BCUT2D eigenvalue weighted by Gasteiger charge is 2.15. The number of nitrogens with zero attached hydrogens (tertiary/aromatic N) is 1. The van der Waals surface area contributed by atoms with Gasteiger partial charge < -0.3 is 25.8 Å². The van der Waals surface area contributed by atoms with Crippen LogP contribution in [0.25, 0.3) is 0 Å². The fraction of sp³-hybridized carbons (Fsp3) is 0.538. The minimum atomic E-state index is -0.497. The molecule has 0 atom stereocenters. The third-order valence-electron chi connectivity index (χ3n) is 2.18. The Bertz CT molecular complexity index is 457. The number of methoxy groups -OCH3 is 1. The van der Waals surface area contributed by atoms with Gasteiger partial charge in [0.05, 0.1) is 12.8 Å². The average Bonchev–Trinajstić information content (AvgIpc) is 2.34. The van der Waals surface area contributed by atoms with E-state index in [4.69, 9.17) is 15.2 Å². The molecule has 1 amide bonds. The minimum absolute atomic E-state index is 0.370. The van der Waals surface area contributed by atoms with Gasteiger partial charge >= 0.3 is 6.09 Å². The van der Waals surface area contributed by atoms with Crippen LogP contribution in [0.1, 0.15) is 20.8 Å². The van der Waals surface area contributed by atoms with E-state index < -0.39 is 11.7 Å². The topological polar surface area (TPSA) is 98.5 Å². The van der Waals surface area contributed by atoms with Crippen molar-refractivity contribution in [3.8, 4) is 5.88 Å². The number of carbonyl (C=O) groups excluding carboxylic acids is 1. The summed E-state index contributed by atoms with van der Waals surface area (Å²) in [4.78, 5) is 15.6. The summed E-state index contributed by atoms with van der Waals surface area (Å²) in [5.74, 6) is 0.997. The molecule has 0 saturated heterocycles. The molecule has 7 heteroatoms.